The van der Waals surface area contributed by atoms with E-state index in [2.05, 4.69) is 160 Å². The van der Waals surface area contributed by atoms with Crippen LogP contribution in [0.4, 0.5) is 0 Å². The number of aliphatic hydroxyl groups excluding tert-OH is 1. The molecule has 1 unspecified atom stereocenters. The van der Waals surface area contributed by atoms with E-state index in [1.807, 2.05) is 0 Å². The fourth-order valence-electron chi connectivity index (χ4n) is 11.3. The maximum atomic E-state index is 12.4. The Labute approximate surface area is 571 Å². The Morgan fingerprint density at radius 2 is 0.467 bits per heavy atom. The normalized spacial score (nSPS) is 13.0. The van der Waals surface area contributed by atoms with Crippen molar-refractivity contribution in [2.24, 2.45) is 0 Å². The van der Waals surface area contributed by atoms with Crippen molar-refractivity contribution in [3.8, 4) is 0 Å². The average Bonchev–Trinajstić information content (AvgIpc) is 3.70. The monoisotopic (exact) mass is 1270 g/mol. The van der Waals surface area contributed by atoms with Crippen molar-refractivity contribution in [2.75, 3.05) is 13.2 Å². The Kier molecular flexibility index (Phi) is 77.3. The van der Waals surface area contributed by atoms with Crippen LogP contribution in [0.25, 0.3) is 0 Å². The summed E-state index contributed by atoms with van der Waals surface area (Å²) in [5.41, 5.74) is 0. The molecule has 0 amide bonds. The van der Waals surface area contributed by atoms with Crippen LogP contribution >= 0.6 is 0 Å². The number of hydrogen-bond acceptors (Lipinski definition) is 5. The van der Waals surface area contributed by atoms with E-state index in [0.29, 0.717) is 12.8 Å². The topological polar surface area (TPSA) is 72.8 Å². The molecule has 0 aromatic rings. The number of carbonyl (C=O) groups excluding carboxylic acids is 2. The first-order chi connectivity index (χ1) is 45.6. The molecule has 0 spiro atoms. The molecule has 0 saturated heterocycles. The lowest BCUT2D eigenvalue weighted by Crippen LogP contribution is -2.28. The highest BCUT2D eigenvalue weighted by Crippen LogP contribution is 2.18. The fourth-order valence-corrected chi connectivity index (χ4v) is 11.3. The molecule has 0 saturated carbocycles. The second kappa shape index (κ2) is 81.0. The Morgan fingerprint density at radius 3 is 0.707 bits per heavy atom. The van der Waals surface area contributed by atoms with Gasteiger partial charge in [-0.3, -0.25) is 9.59 Å². The van der Waals surface area contributed by atoms with Gasteiger partial charge in [0.25, 0.3) is 0 Å². The van der Waals surface area contributed by atoms with Gasteiger partial charge in [-0.1, -0.05) is 384 Å². The minimum atomic E-state index is -0.785. The van der Waals surface area contributed by atoms with Crippen LogP contribution in [0.5, 0.6) is 0 Å². The minimum absolute atomic E-state index is 0.0717. The zero-order chi connectivity index (χ0) is 66.1. The Bertz CT molecular complexity index is 1880. The van der Waals surface area contributed by atoms with Crippen LogP contribution in [-0.4, -0.2) is 36.4 Å². The van der Waals surface area contributed by atoms with Crippen LogP contribution in [0.1, 0.15) is 373 Å². The SMILES string of the molecule is CC/C=C\C/C=C\C/C=C\C/C=C\C/C=C\C/C=C\C/C=C\C/C=C\C/C=C\CCCCCCCCCCCC(=O)OC(CO)COC(=O)CCCCCCCCCCCCCCCCCCCCCCCCCCCC/C=C\C/C=C\C/C=C\CCCCCCC. The lowest BCUT2D eigenvalue weighted by Gasteiger charge is -2.15. The Hall–Kier alpha value is -4.22. The lowest BCUT2D eigenvalue weighted by molar-refractivity contribution is -0.161. The van der Waals surface area contributed by atoms with Gasteiger partial charge in [0.05, 0.1) is 6.61 Å². The van der Waals surface area contributed by atoms with Gasteiger partial charge in [-0.15, -0.1) is 0 Å². The molecule has 0 aromatic heterocycles. The molecule has 0 radical (unpaired) electrons. The van der Waals surface area contributed by atoms with Crippen molar-refractivity contribution in [1.82, 2.24) is 0 Å². The highest BCUT2D eigenvalue weighted by molar-refractivity contribution is 5.70. The summed E-state index contributed by atoms with van der Waals surface area (Å²) in [5, 5.41) is 9.73. The molecule has 1 atom stereocenters. The molecule has 0 aliphatic carbocycles. The molecule has 0 aromatic carbocycles. The van der Waals surface area contributed by atoms with E-state index in [4.69, 9.17) is 9.47 Å². The van der Waals surface area contributed by atoms with E-state index in [0.717, 1.165) is 116 Å². The molecule has 5 heteroatoms. The van der Waals surface area contributed by atoms with Crippen molar-refractivity contribution in [3.63, 3.8) is 0 Å². The number of carbonyl (C=O) groups is 2. The zero-order valence-corrected chi connectivity index (χ0v) is 60.5. The summed E-state index contributed by atoms with van der Waals surface area (Å²) in [6, 6.07) is 0. The molecule has 526 valence electrons. The van der Waals surface area contributed by atoms with Crippen LogP contribution < -0.4 is 0 Å². The molecule has 0 bridgehead atoms. The van der Waals surface area contributed by atoms with E-state index >= 15 is 0 Å². The average molecular weight is 1270 g/mol. The van der Waals surface area contributed by atoms with E-state index in [1.165, 1.54) is 231 Å². The molecular formula is C87H148O5. The molecule has 0 heterocycles. The minimum Gasteiger partial charge on any atom is -0.462 e. The first kappa shape index (κ1) is 87.8. The van der Waals surface area contributed by atoms with Crippen LogP contribution in [0, 0.1) is 0 Å². The maximum Gasteiger partial charge on any atom is 0.306 e. The summed E-state index contributed by atoms with van der Waals surface area (Å²) in [4.78, 5) is 24.7. The number of hydrogen-bond donors (Lipinski definition) is 1. The third kappa shape index (κ3) is 78.2. The quantitative estimate of drug-likeness (QED) is 0.0373. The summed E-state index contributed by atoms with van der Waals surface area (Å²) >= 11 is 0. The third-order valence-electron chi connectivity index (χ3n) is 17.1. The van der Waals surface area contributed by atoms with Crippen molar-refractivity contribution < 1.29 is 24.2 Å². The van der Waals surface area contributed by atoms with Crippen molar-refractivity contribution in [3.05, 3.63) is 146 Å². The molecule has 0 aliphatic heterocycles. The standard InChI is InChI=1S/C87H148O5/c1-3-5-7-9-11-13-15-17-19-21-23-25-27-29-31-33-35-37-39-41-42-43-44-46-47-49-51-53-55-57-59-61-63-65-67-69-71-73-75-77-79-81-86(89)91-84-85(83-88)92-87(90)82-80-78-76-74-72-70-68-66-64-62-60-58-56-54-52-50-48-45-40-38-36-34-32-30-28-26-24-22-20-18-16-14-12-10-8-6-4-2/h6,8,12,14-15,17-18,20-21,23-24,26-27,29-30,32,36,38,45,48,52,54,58,60,85,88H,3-5,7,9-11,13,16,19,22,25,28,31,33-35,37,39-44,46-47,49-51,53,55-57,59,61-84H2,1-2H3/b8-6-,14-12-,17-15-,20-18-,23-21-,26-24-,29-27-,32-30-,38-36-,48-45-,54-52-,60-58-. The van der Waals surface area contributed by atoms with Gasteiger partial charge in [0.1, 0.15) is 6.61 Å². The van der Waals surface area contributed by atoms with Crippen LogP contribution in [0.2, 0.25) is 0 Å². The highest BCUT2D eigenvalue weighted by atomic mass is 16.6. The first-order valence-electron chi connectivity index (χ1n) is 39.4. The summed E-state index contributed by atoms with van der Waals surface area (Å²) in [5.74, 6) is -0.590. The Balaban J connectivity index is 3.47. The van der Waals surface area contributed by atoms with E-state index in [1.54, 1.807) is 0 Å². The zero-order valence-electron chi connectivity index (χ0n) is 60.5. The van der Waals surface area contributed by atoms with Crippen LogP contribution in [-0.2, 0) is 19.1 Å². The number of ether oxygens (including phenoxy) is 2. The smallest absolute Gasteiger partial charge is 0.306 e. The van der Waals surface area contributed by atoms with Gasteiger partial charge in [-0.05, 0) is 122 Å². The summed E-state index contributed by atoms with van der Waals surface area (Å²) in [7, 11) is 0. The Morgan fingerprint density at radius 1 is 0.261 bits per heavy atom. The van der Waals surface area contributed by atoms with Gasteiger partial charge < -0.3 is 14.6 Å². The second-order valence-electron chi connectivity index (χ2n) is 26.1. The predicted molar refractivity (Wildman–Crippen MR) is 408 cm³/mol. The number of rotatable bonds is 72. The first-order valence-corrected chi connectivity index (χ1v) is 39.4. The summed E-state index contributed by atoms with van der Waals surface area (Å²) in [6.07, 6.45) is 122. The van der Waals surface area contributed by atoms with Crippen molar-refractivity contribution >= 4 is 11.9 Å². The van der Waals surface area contributed by atoms with E-state index in [-0.39, 0.29) is 25.2 Å². The molecule has 0 fully saturated rings. The predicted octanol–water partition coefficient (Wildman–Crippen LogP) is 28.0. The molecule has 0 rings (SSSR count). The molecule has 0 aliphatic rings. The fraction of sp³-hybridized carbons (Fsp3) is 0.701. The van der Waals surface area contributed by atoms with Gasteiger partial charge in [0.15, 0.2) is 6.10 Å². The van der Waals surface area contributed by atoms with Crippen molar-refractivity contribution in [2.45, 2.75) is 380 Å². The highest BCUT2D eigenvalue weighted by Gasteiger charge is 2.16. The van der Waals surface area contributed by atoms with Gasteiger partial charge >= 0.3 is 11.9 Å². The molecule has 1 N–H and O–H groups in total. The summed E-state index contributed by atoms with van der Waals surface area (Å²) in [6.45, 7) is 4.04. The van der Waals surface area contributed by atoms with Gasteiger partial charge in [-0.25, -0.2) is 0 Å². The number of esters is 2. The number of allylic oxidation sites excluding steroid dienone is 24. The van der Waals surface area contributed by atoms with E-state index < -0.39 is 6.10 Å². The van der Waals surface area contributed by atoms with Crippen molar-refractivity contribution in [1.29, 1.82) is 0 Å². The largest absolute Gasteiger partial charge is 0.462 e. The van der Waals surface area contributed by atoms with Crippen LogP contribution in [0.3, 0.4) is 0 Å². The molecular weight excluding hydrogens is 1120 g/mol. The van der Waals surface area contributed by atoms with Gasteiger partial charge in [0.2, 0.25) is 0 Å². The summed E-state index contributed by atoms with van der Waals surface area (Å²) < 4.78 is 10.8. The van der Waals surface area contributed by atoms with E-state index in [9.17, 15) is 14.7 Å². The maximum absolute atomic E-state index is 12.4. The van der Waals surface area contributed by atoms with Gasteiger partial charge in [-0.2, -0.15) is 0 Å². The number of unbranched alkanes of at least 4 members (excludes halogenated alkanes) is 40. The molecule has 5 nitrogen and oxygen atoms in total. The lowest BCUT2D eigenvalue weighted by atomic mass is 10.0. The second-order valence-corrected chi connectivity index (χ2v) is 26.1. The number of aliphatic hydroxyl groups is 1. The van der Waals surface area contributed by atoms with Crippen LogP contribution in [0.15, 0.2) is 146 Å². The third-order valence-corrected chi connectivity index (χ3v) is 17.1. The van der Waals surface area contributed by atoms with Gasteiger partial charge in [0, 0.05) is 12.8 Å². The molecule has 92 heavy (non-hydrogen) atoms.